The molecule has 0 aliphatic carbocycles. The number of hydrogen-bond donors (Lipinski definition) is 2. The molecule has 0 atom stereocenters. The highest BCUT2D eigenvalue weighted by Gasteiger charge is 2.45. The maximum atomic E-state index is 11.7. The van der Waals surface area contributed by atoms with Gasteiger partial charge in [-0.2, -0.15) is 0 Å². The summed E-state index contributed by atoms with van der Waals surface area (Å²) in [5, 5.41) is 9.57. The van der Waals surface area contributed by atoms with E-state index in [0.717, 1.165) is 5.56 Å². The third-order valence-corrected chi connectivity index (χ3v) is 3.74. The number of nitrogens with zero attached hydrogens (tertiary/aromatic N) is 1. The van der Waals surface area contributed by atoms with Crippen LogP contribution in [0.4, 0.5) is 4.79 Å². The number of amides is 1. The van der Waals surface area contributed by atoms with E-state index in [9.17, 15) is 9.90 Å². The summed E-state index contributed by atoms with van der Waals surface area (Å²) in [7, 11) is 0. The minimum Gasteiger partial charge on any atom is -0.465 e. The van der Waals surface area contributed by atoms with Crippen LogP contribution in [-0.2, 0) is 16.0 Å². The fourth-order valence-electron chi connectivity index (χ4n) is 2.29. The maximum Gasteiger partial charge on any atom is 0.408 e. The number of carbonyl (C=O) groups is 1. The molecular formula is C15H22N2O4. The quantitative estimate of drug-likeness (QED) is 0.882. The first kappa shape index (κ1) is 15.8. The molecule has 2 rings (SSSR count). The predicted molar refractivity (Wildman–Crippen MR) is 77.8 cm³/mol. The largest absolute Gasteiger partial charge is 0.465 e. The van der Waals surface area contributed by atoms with Crippen LogP contribution in [0.3, 0.4) is 0 Å². The zero-order valence-corrected chi connectivity index (χ0v) is 12.4. The normalized spacial score (nSPS) is 20.0. The predicted octanol–water partition coefficient (Wildman–Crippen LogP) is 1.65. The Kier molecular flexibility index (Phi) is 4.51. The van der Waals surface area contributed by atoms with Crippen LogP contribution in [-0.4, -0.2) is 47.2 Å². The molecular weight excluding hydrogens is 272 g/mol. The molecule has 1 aromatic rings. The van der Waals surface area contributed by atoms with Crippen molar-refractivity contribution in [3.8, 4) is 0 Å². The molecule has 1 amide bonds. The van der Waals surface area contributed by atoms with Gasteiger partial charge in [-0.15, -0.1) is 0 Å². The van der Waals surface area contributed by atoms with E-state index >= 15 is 0 Å². The lowest BCUT2D eigenvalue weighted by atomic mass is 9.97. The number of carboxylic acid groups (broad SMARTS) is 1. The van der Waals surface area contributed by atoms with Crippen molar-refractivity contribution in [1.82, 2.24) is 4.90 Å². The number of hydrogen-bond acceptors (Lipinski definition) is 4. The third-order valence-electron chi connectivity index (χ3n) is 3.74. The van der Waals surface area contributed by atoms with E-state index in [1.165, 1.54) is 4.90 Å². The van der Waals surface area contributed by atoms with Crippen LogP contribution >= 0.6 is 0 Å². The van der Waals surface area contributed by atoms with E-state index in [1.807, 2.05) is 30.3 Å². The van der Waals surface area contributed by atoms with E-state index in [2.05, 4.69) is 0 Å². The molecule has 0 aromatic heterocycles. The molecule has 0 spiro atoms. The van der Waals surface area contributed by atoms with E-state index in [1.54, 1.807) is 13.8 Å². The van der Waals surface area contributed by atoms with Crippen LogP contribution in [0.1, 0.15) is 19.4 Å². The van der Waals surface area contributed by atoms with Crippen LogP contribution < -0.4 is 5.73 Å². The molecule has 0 saturated carbocycles. The minimum absolute atomic E-state index is 0.141. The molecule has 6 nitrogen and oxygen atoms in total. The molecule has 1 aliphatic rings. The first-order chi connectivity index (χ1) is 9.88. The summed E-state index contributed by atoms with van der Waals surface area (Å²) < 4.78 is 11.3. The van der Waals surface area contributed by atoms with Crippen molar-refractivity contribution in [3.05, 3.63) is 35.9 Å². The van der Waals surface area contributed by atoms with Gasteiger partial charge in [-0.25, -0.2) is 4.79 Å². The Morgan fingerprint density at radius 2 is 1.86 bits per heavy atom. The summed E-state index contributed by atoms with van der Waals surface area (Å²) in [6.45, 7) is 4.43. The molecule has 1 aliphatic heterocycles. The van der Waals surface area contributed by atoms with E-state index in [-0.39, 0.29) is 26.3 Å². The Bertz CT molecular complexity index is 480. The summed E-state index contributed by atoms with van der Waals surface area (Å²) in [5.74, 6) is -0.713. The lowest BCUT2D eigenvalue weighted by Crippen LogP contribution is -2.65. The van der Waals surface area contributed by atoms with Crippen LogP contribution in [0.15, 0.2) is 30.3 Å². The van der Waals surface area contributed by atoms with E-state index in [4.69, 9.17) is 15.2 Å². The highest BCUT2D eigenvalue weighted by molar-refractivity contribution is 5.66. The molecule has 3 N–H and O–H groups in total. The summed E-state index contributed by atoms with van der Waals surface area (Å²) in [5.41, 5.74) is 5.89. The van der Waals surface area contributed by atoms with Gasteiger partial charge in [-0.05, 0) is 19.4 Å². The summed E-state index contributed by atoms with van der Waals surface area (Å²) in [6, 6.07) is 9.41. The van der Waals surface area contributed by atoms with Crippen LogP contribution in [0, 0.1) is 0 Å². The fraction of sp³-hybridized carbons (Fsp3) is 0.533. The number of benzene rings is 1. The Morgan fingerprint density at radius 1 is 1.29 bits per heavy atom. The van der Waals surface area contributed by atoms with E-state index in [0.29, 0.717) is 0 Å². The van der Waals surface area contributed by atoms with Gasteiger partial charge in [0.05, 0.1) is 13.2 Å². The monoisotopic (exact) mass is 294 g/mol. The van der Waals surface area contributed by atoms with Crippen molar-refractivity contribution in [2.24, 2.45) is 5.73 Å². The van der Waals surface area contributed by atoms with Gasteiger partial charge in [0.1, 0.15) is 5.54 Å². The second kappa shape index (κ2) is 6.01. The zero-order valence-electron chi connectivity index (χ0n) is 12.4. The van der Waals surface area contributed by atoms with Crippen LogP contribution in [0.2, 0.25) is 0 Å². The van der Waals surface area contributed by atoms with Gasteiger partial charge in [0.2, 0.25) is 0 Å². The van der Waals surface area contributed by atoms with Crippen LogP contribution in [0.5, 0.6) is 0 Å². The summed E-state index contributed by atoms with van der Waals surface area (Å²) in [6.07, 6.45) is -1.03. The Balaban J connectivity index is 2.21. The molecule has 0 unspecified atom stereocenters. The van der Waals surface area contributed by atoms with Gasteiger partial charge in [-0.1, -0.05) is 30.3 Å². The Hall–Kier alpha value is -1.63. The summed E-state index contributed by atoms with van der Waals surface area (Å²) >= 11 is 0. The number of ether oxygens (including phenoxy) is 2. The second-order valence-corrected chi connectivity index (χ2v) is 5.76. The standard InChI is InChI=1S/C15H22N2O4/c1-14(2)20-10-15(9-16,11-21-14)17(13(18)19)8-12-6-4-3-5-7-12/h3-7H,8-11,16H2,1-2H3,(H,18,19). The Morgan fingerprint density at radius 3 is 2.33 bits per heavy atom. The highest BCUT2D eigenvalue weighted by Crippen LogP contribution is 2.28. The smallest absolute Gasteiger partial charge is 0.408 e. The molecule has 0 radical (unpaired) electrons. The fourth-order valence-corrected chi connectivity index (χ4v) is 2.29. The van der Waals surface area contributed by atoms with Gasteiger partial charge in [0.25, 0.3) is 0 Å². The second-order valence-electron chi connectivity index (χ2n) is 5.76. The number of nitrogens with two attached hydrogens (primary N) is 1. The van der Waals surface area contributed by atoms with E-state index < -0.39 is 17.4 Å². The summed E-state index contributed by atoms with van der Waals surface area (Å²) in [4.78, 5) is 13.0. The molecule has 6 heteroatoms. The average molecular weight is 294 g/mol. The number of rotatable bonds is 4. The van der Waals surface area contributed by atoms with Gasteiger partial charge >= 0.3 is 6.09 Å². The van der Waals surface area contributed by atoms with Crippen molar-refractivity contribution < 1.29 is 19.4 Å². The molecule has 1 aromatic carbocycles. The van der Waals surface area contributed by atoms with Crippen molar-refractivity contribution >= 4 is 6.09 Å². The van der Waals surface area contributed by atoms with Crippen molar-refractivity contribution in [2.75, 3.05) is 19.8 Å². The Labute approximate surface area is 124 Å². The van der Waals surface area contributed by atoms with Gasteiger partial charge in [-0.3, -0.25) is 4.90 Å². The molecule has 1 fully saturated rings. The van der Waals surface area contributed by atoms with Gasteiger partial charge < -0.3 is 20.3 Å². The van der Waals surface area contributed by atoms with Gasteiger partial charge in [0.15, 0.2) is 5.79 Å². The molecule has 1 heterocycles. The third kappa shape index (κ3) is 3.53. The highest BCUT2D eigenvalue weighted by atomic mass is 16.7. The minimum atomic E-state index is -1.03. The van der Waals surface area contributed by atoms with Crippen LogP contribution in [0.25, 0.3) is 0 Å². The zero-order chi connectivity index (χ0) is 15.5. The topological polar surface area (TPSA) is 85.0 Å². The average Bonchev–Trinajstić information content (AvgIpc) is 2.47. The lowest BCUT2D eigenvalue weighted by molar-refractivity contribution is -0.282. The van der Waals surface area contributed by atoms with Gasteiger partial charge in [0, 0.05) is 13.1 Å². The first-order valence-electron chi connectivity index (χ1n) is 6.91. The molecule has 116 valence electrons. The maximum absolute atomic E-state index is 11.7. The lowest BCUT2D eigenvalue weighted by Gasteiger charge is -2.47. The van der Waals surface area contributed by atoms with Crippen molar-refractivity contribution in [1.29, 1.82) is 0 Å². The first-order valence-corrected chi connectivity index (χ1v) is 6.91. The van der Waals surface area contributed by atoms with Crippen molar-refractivity contribution in [3.63, 3.8) is 0 Å². The molecule has 0 bridgehead atoms. The molecule has 21 heavy (non-hydrogen) atoms. The van der Waals surface area contributed by atoms with Crippen molar-refractivity contribution in [2.45, 2.75) is 31.7 Å². The molecule has 1 saturated heterocycles. The SMILES string of the molecule is CC1(C)OCC(CN)(N(Cc2ccccc2)C(=O)O)CO1.